The molecule has 1 aromatic carbocycles. The van der Waals surface area contributed by atoms with Crippen LogP contribution in [0.15, 0.2) is 26.9 Å². The number of carbonyl (C=O) groups excluding carboxylic acids is 1. The monoisotopic (exact) mass is 363 g/mol. The second-order valence-electron chi connectivity index (χ2n) is 5.26. The number of thioether (sulfide) groups is 1. The third kappa shape index (κ3) is 2.80. The normalized spacial score (nSPS) is 17.0. The van der Waals surface area contributed by atoms with Gasteiger partial charge in [-0.25, -0.2) is 0 Å². The molecule has 9 heteroatoms. The first-order valence-corrected chi connectivity index (χ1v) is 8.34. The summed E-state index contributed by atoms with van der Waals surface area (Å²) in [5.41, 5.74) is 1.16. The molecule has 0 unspecified atom stereocenters. The number of ether oxygens (including phenoxy) is 2. The molecule has 1 aliphatic heterocycles. The van der Waals surface area contributed by atoms with Gasteiger partial charge in [-0.3, -0.25) is 9.69 Å². The molecule has 8 nitrogen and oxygen atoms in total. The van der Waals surface area contributed by atoms with Gasteiger partial charge in [0.2, 0.25) is 11.7 Å². The van der Waals surface area contributed by atoms with E-state index in [0.29, 0.717) is 38.9 Å². The number of rotatable bonds is 4. The molecular weight excluding hydrogens is 346 g/mol. The van der Waals surface area contributed by atoms with Crippen LogP contribution in [-0.4, -0.2) is 53.8 Å². The number of phenolic OH excluding ortho intramolecular Hbond substituents is 1. The highest BCUT2D eigenvalue weighted by atomic mass is 32.2. The third-order valence-electron chi connectivity index (χ3n) is 3.84. The van der Waals surface area contributed by atoms with Gasteiger partial charge in [0.15, 0.2) is 16.5 Å². The van der Waals surface area contributed by atoms with Gasteiger partial charge in [-0.15, -0.1) is 5.10 Å². The number of hydrogen-bond donors (Lipinski definition) is 1. The minimum atomic E-state index is -0.147. The van der Waals surface area contributed by atoms with Crippen molar-refractivity contribution in [3.8, 4) is 17.2 Å². The molecule has 1 fully saturated rings. The van der Waals surface area contributed by atoms with Crippen LogP contribution in [0.1, 0.15) is 12.5 Å². The Kier molecular flexibility index (Phi) is 4.58. The van der Waals surface area contributed by atoms with Gasteiger partial charge in [0.1, 0.15) is 5.75 Å². The van der Waals surface area contributed by atoms with Gasteiger partial charge in [0, 0.05) is 7.05 Å². The molecule has 1 N–H and O–H groups in total. The van der Waals surface area contributed by atoms with Crippen LogP contribution in [0.5, 0.6) is 17.2 Å². The van der Waals surface area contributed by atoms with E-state index in [2.05, 4.69) is 10.2 Å². The summed E-state index contributed by atoms with van der Waals surface area (Å²) in [6.07, 6.45) is 1.49. The number of phenols is 1. The smallest absolute Gasteiger partial charge is 0.238 e. The van der Waals surface area contributed by atoms with E-state index in [1.165, 1.54) is 37.1 Å². The van der Waals surface area contributed by atoms with Crippen molar-refractivity contribution in [2.75, 3.05) is 27.0 Å². The van der Waals surface area contributed by atoms with Crippen molar-refractivity contribution < 1.29 is 23.8 Å². The van der Waals surface area contributed by atoms with Crippen LogP contribution in [-0.2, 0) is 4.79 Å². The molecule has 1 saturated heterocycles. The average molecular weight is 363 g/mol. The number of fused-ring (bicyclic) bond motifs is 1. The van der Waals surface area contributed by atoms with E-state index in [1.807, 2.05) is 0 Å². The number of amidine groups is 1. The molecule has 2 heterocycles. The quantitative estimate of drug-likeness (QED) is 0.662. The van der Waals surface area contributed by atoms with E-state index in [9.17, 15) is 9.90 Å². The summed E-state index contributed by atoms with van der Waals surface area (Å²) < 4.78 is 16.1. The van der Waals surface area contributed by atoms with Crippen molar-refractivity contribution in [2.24, 2.45) is 10.2 Å². The fourth-order valence-electron chi connectivity index (χ4n) is 2.55. The molecule has 0 saturated carbocycles. The van der Waals surface area contributed by atoms with Crippen LogP contribution in [0.4, 0.5) is 0 Å². The molecule has 1 aromatic heterocycles. The average Bonchev–Trinajstić information content (AvgIpc) is 3.20. The van der Waals surface area contributed by atoms with Crippen molar-refractivity contribution in [1.29, 1.82) is 0 Å². The maximum absolute atomic E-state index is 11.5. The lowest BCUT2D eigenvalue weighted by Crippen LogP contribution is -2.24. The molecule has 25 heavy (non-hydrogen) atoms. The van der Waals surface area contributed by atoms with Crippen molar-refractivity contribution in [3.63, 3.8) is 0 Å². The van der Waals surface area contributed by atoms with E-state index >= 15 is 0 Å². The predicted octanol–water partition coefficient (Wildman–Crippen LogP) is 2.44. The molecular formula is C16H17N3O5S. The van der Waals surface area contributed by atoms with Gasteiger partial charge >= 0.3 is 0 Å². The van der Waals surface area contributed by atoms with Gasteiger partial charge in [-0.05, 0) is 13.0 Å². The van der Waals surface area contributed by atoms with Crippen LogP contribution in [0.25, 0.3) is 11.0 Å². The van der Waals surface area contributed by atoms with E-state index < -0.39 is 0 Å². The number of hydrogen-bond acceptors (Lipinski definition) is 8. The van der Waals surface area contributed by atoms with E-state index in [0.717, 1.165) is 0 Å². The van der Waals surface area contributed by atoms with Crippen LogP contribution < -0.4 is 9.47 Å². The number of furan rings is 1. The molecule has 1 amide bonds. The molecule has 2 aromatic rings. The number of benzene rings is 1. The Balaban J connectivity index is 2.14. The lowest BCUT2D eigenvalue weighted by molar-refractivity contribution is -0.123. The van der Waals surface area contributed by atoms with E-state index in [4.69, 9.17) is 13.9 Å². The van der Waals surface area contributed by atoms with Crippen LogP contribution in [0.2, 0.25) is 0 Å². The molecule has 0 atom stereocenters. The highest BCUT2D eigenvalue weighted by molar-refractivity contribution is 8.15. The van der Waals surface area contributed by atoms with Crippen molar-refractivity contribution in [3.05, 3.63) is 17.9 Å². The Bertz CT molecular complexity index is 903. The molecule has 0 radical (unpaired) electrons. The van der Waals surface area contributed by atoms with Crippen LogP contribution >= 0.6 is 11.8 Å². The maximum Gasteiger partial charge on any atom is 0.238 e. The second-order valence-corrected chi connectivity index (χ2v) is 6.21. The fourth-order valence-corrected chi connectivity index (χ4v) is 3.39. The summed E-state index contributed by atoms with van der Waals surface area (Å²) in [5, 5.41) is 20.0. The molecule has 3 rings (SSSR count). The largest absolute Gasteiger partial charge is 0.504 e. The Labute approximate surface area is 148 Å². The molecule has 0 bridgehead atoms. The Morgan fingerprint density at radius 2 is 2.08 bits per heavy atom. The predicted molar refractivity (Wildman–Crippen MR) is 95.9 cm³/mol. The van der Waals surface area contributed by atoms with Gasteiger partial charge in [0.25, 0.3) is 0 Å². The van der Waals surface area contributed by atoms with Gasteiger partial charge < -0.3 is 19.0 Å². The highest BCUT2D eigenvalue weighted by Crippen LogP contribution is 2.45. The Hall–Kier alpha value is -2.68. The first-order valence-electron chi connectivity index (χ1n) is 7.35. The second kappa shape index (κ2) is 6.67. The number of amides is 1. The minimum absolute atomic E-state index is 0.0292. The molecule has 132 valence electrons. The van der Waals surface area contributed by atoms with Gasteiger partial charge in [-0.1, -0.05) is 11.8 Å². The Morgan fingerprint density at radius 1 is 1.36 bits per heavy atom. The number of aromatic hydroxyl groups is 1. The summed E-state index contributed by atoms with van der Waals surface area (Å²) in [7, 11) is 4.58. The lowest BCUT2D eigenvalue weighted by Gasteiger charge is -2.14. The third-order valence-corrected chi connectivity index (χ3v) is 4.84. The zero-order chi connectivity index (χ0) is 18.1. The van der Waals surface area contributed by atoms with E-state index in [1.54, 1.807) is 20.0 Å². The minimum Gasteiger partial charge on any atom is -0.504 e. The summed E-state index contributed by atoms with van der Waals surface area (Å²) in [6, 6.07) is 1.72. The van der Waals surface area contributed by atoms with Gasteiger partial charge in [0.05, 0.1) is 42.9 Å². The number of methoxy groups -OCH3 is 2. The number of nitrogens with zero attached hydrogens (tertiary/aromatic N) is 3. The van der Waals surface area contributed by atoms with Crippen molar-refractivity contribution >= 4 is 39.5 Å². The van der Waals surface area contributed by atoms with Crippen molar-refractivity contribution in [2.45, 2.75) is 6.92 Å². The first-order chi connectivity index (χ1) is 12.0. The van der Waals surface area contributed by atoms with E-state index in [-0.39, 0.29) is 17.4 Å². The van der Waals surface area contributed by atoms with Gasteiger partial charge in [-0.2, -0.15) is 5.10 Å². The molecule has 1 aliphatic rings. The maximum atomic E-state index is 11.5. The Morgan fingerprint density at radius 3 is 2.68 bits per heavy atom. The SMILES string of the molecule is COc1c(/C(C)=N/N=C2\SCC(=O)N2C)c(O)c(OC)c2occc12. The zero-order valence-electron chi connectivity index (χ0n) is 14.2. The van der Waals surface area contributed by atoms with Crippen LogP contribution in [0, 0.1) is 0 Å². The topological polar surface area (TPSA) is 96.9 Å². The van der Waals surface area contributed by atoms with Crippen LogP contribution in [0.3, 0.4) is 0 Å². The summed E-state index contributed by atoms with van der Waals surface area (Å²) in [4.78, 5) is 13.0. The highest BCUT2D eigenvalue weighted by Gasteiger charge is 2.26. The lowest BCUT2D eigenvalue weighted by atomic mass is 10.0. The summed E-state index contributed by atoms with van der Waals surface area (Å²) in [6.45, 7) is 1.69. The number of carbonyl (C=O) groups is 1. The molecule has 0 aliphatic carbocycles. The zero-order valence-corrected chi connectivity index (χ0v) is 15.0. The summed E-state index contributed by atoms with van der Waals surface area (Å²) >= 11 is 1.31. The standard InChI is InChI=1S/C16H17N3O5S/c1-8(17-18-16-19(2)10(20)7-25-16)11-12(21)15(23-4)14-9(5-6-24-14)13(11)22-3/h5-6,21H,7H2,1-4H3/b17-8+,18-16-. The molecule has 0 spiro atoms. The van der Waals surface area contributed by atoms with Crippen molar-refractivity contribution in [1.82, 2.24) is 4.90 Å². The fraction of sp³-hybridized carbons (Fsp3) is 0.312. The first kappa shape index (κ1) is 17.2. The summed E-state index contributed by atoms with van der Waals surface area (Å²) in [5.74, 6) is 0.769.